The fraction of sp³-hybridized carbons (Fsp3) is 0.312. The van der Waals surface area contributed by atoms with Crippen LogP contribution in [0.2, 0.25) is 0 Å². The fourth-order valence-electron chi connectivity index (χ4n) is 4.93. The summed E-state index contributed by atoms with van der Waals surface area (Å²) in [5, 5.41) is 0. The molecule has 0 radical (unpaired) electrons. The summed E-state index contributed by atoms with van der Waals surface area (Å²) in [7, 11) is 7.30. The molecule has 4 rings (SSSR count). The van der Waals surface area contributed by atoms with E-state index in [0.717, 1.165) is 12.1 Å². The second-order valence-electron chi connectivity index (χ2n) is 9.74. The topological polar surface area (TPSA) is 86.8 Å². The molecule has 1 saturated heterocycles. The minimum Gasteiger partial charge on any atom is -0.493 e. The maximum absolute atomic E-state index is 13.6. The normalized spacial score (nSPS) is 13.8. The van der Waals surface area contributed by atoms with Crippen molar-refractivity contribution in [2.24, 2.45) is 0 Å². The van der Waals surface area contributed by atoms with Gasteiger partial charge in [0.05, 0.1) is 41.1 Å². The largest absolute Gasteiger partial charge is 0.493 e. The van der Waals surface area contributed by atoms with Gasteiger partial charge in [-0.15, -0.1) is 0 Å². The van der Waals surface area contributed by atoms with E-state index in [0.29, 0.717) is 39.9 Å². The molecule has 0 aromatic heterocycles. The standard InChI is InChI=1S/C32H33F3N2O7/c1-40-25-10-9-21(16-26(25)41-2)24(20-7-6-8-23(15-20)32(33,34)35)19-29(38)36-11-13-37(14-12-36)31(39)22-17-27(42-3)30(44-5)28(18-22)43-4/h6-10,15-19H,11-14H2,1-5H3/b24-19+. The Bertz CT molecular complexity index is 1520. The van der Waals surface area contributed by atoms with Crippen molar-refractivity contribution < 1.29 is 46.4 Å². The average Bonchev–Trinajstić information content (AvgIpc) is 3.05. The van der Waals surface area contributed by atoms with Crippen LogP contribution < -0.4 is 23.7 Å². The van der Waals surface area contributed by atoms with Crippen molar-refractivity contribution in [3.63, 3.8) is 0 Å². The molecule has 0 atom stereocenters. The van der Waals surface area contributed by atoms with Gasteiger partial charge in [0.1, 0.15) is 0 Å². The molecule has 12 heteroatoms. The van der Waals surface area contributed by atoms with Crippen LogP contribution in [0.5, 0.6) is 28.7 Å². The molecule has 1 aliphatic rings. The van der Waals surface area contributed by atoms with Crippen molar-refractivity contribution in [2.75, 3.05) is 61.7 Å². The number of alkyl halides is 3. The summed E-state index contributed by atoms with van der Waals surface area (Å²) in [6, 6.07) is 12.8. The fourth-order valence-corrected chi connectivity index (χ4v) is 4.93. The first-order valence-corrected chi connectivity index (χ1v) is 13.5. The van der Waals surface area contributed by atoms with Gasteiger partial charge in [0.25, 0.3) is 5.91 Å². The summed E-state index contributed by atoms with van der Waals surface area (Å²) >= 11 is 0. The van der Waals surface area contributed by atoms with Gasteiger partial charge in [-0.2, -0.15) is 13.2 Å². The Morgan fingerprint density at radius 3 is 1.75 bits per heavy atom. The third-order valence-electron chi connectivity index (χ3n) is 7.25. The summed E-state index contributed by atoms with van der Waals surface area (Å²) < 4.78 is 67.4. The Kier molecular flexibility index (Phi) is 9.92. The lowest BCUT2D eigenvalue weighted by molar-refractivity contribution is -0.137. The summed E-state index contributed by atoms with van der Waals surface area (Å²) in [4.78, 5) is 30.0. The van der Waals surface area contributed by atoms with E-state index in [1.54, 1.807) is 40.1 Å². The van der Waals surface area contributed by atoms with Gasteiger partial charge in [-0.05, 0) is 53.1 Å². The maximum Gasteiger partial charge on any atom is 0.416 e. The first kappa shape index (κ1) is 32.1. The minimum atomic E-state index is -4.57. The van der Waals surface area contributed by atoms with Gasteiger partial charge in [-0.3, -0.25) is 9.59 Å². The first-order chi connectivity index (χ1) is 21.0. The number of carbonyl (C=O) groups excluding carboxylic acids is 2. The smallest absolute Gasteiger partial charge is 0.416 e. The van der Waals surface area contributed by atoms with E-state index in [9.17, 15) is 22.8 Å². The third kappa shape index (κ3) is 6.85. The van der Waals surface area contributed by atoms with Crippen molar-refractivity contribution in [1.29, 1.82) is 0 Å². The molecule has 3 aromatic carbocycles. The Hall–Kier alpha value is -4.87. The molecular weight excluding hydrogens is 581 g/mol. The van der Waals surface area contributed by atoms with Gasteiger partial charge in [-0.1, -0.05) is 18.2 Å². The van der Waals surface area contributed by atoms with E-state index in [2.05, 4.69) is 0 Å². The van der Waals surface area contributed by atoms with Crippen molar-refractivity contribution in [3.8, 4) is 28.7 Å². The molecule has 0 bridgehead atoms. The summed E-state index contributed by atoms with van der Waals surface area (Å²) in [5.74, 6) is 1.14. The third-order valence-corrected chi connectivity index (χ3v) is 7.25. The minimum absolute atomic E-state index is 0.205. The highest BCUT2D eigenvalue weighted by Crippen LogP contribution is 2.39. The molecule has 1 fully saturated rings. The Morgan fingerprint density at radius 2 is 1.20 bits per heavy atom. The number of benzene rings is 3. The number of ether oxygens (including phenoxy) is 5. The number of carbonyl (C=O) groups is 2. The zero-order chi connectivity index (χ0) is 32.0. The van der Waals surface area contributed by atoms with Crippen LogP contribution in [0.15, 0.2) is 60.7 Å². The Morgan fingerprint density at radius 1 is 0.659 bits per heavy atom. The van der Waals surface area contributed by atoms with Crippen LogP contribution >= 0.6 is 0 Å². The number of hydrogen-bond donors (Lipinski definition) is 0. The molecule has 1 heterocycles. The molecule has 0 unspecified atom stereocenters. The van der Waals surface area contributed by atoms with Crippen molar-refractivity contribution in [2.45, 2.75) is 6.18 Å². The Balaban J connectivity index is 1.60. The van der Waals surface area contributed by atoms with Crippen LogP contribution in [0.3, 0.4) is 0 Å². The maximum atomic E-state index is 13.6. The lowest BCUT2D eigenvalue weighted by Gasteiger charge is -2.34. The van der Waals surface area contributed by atoms with Crippen molar-refractivity contribution >= 4 is 17.4 Å². The molecule has 2 amide bonds. The van der Waals surface area contributed by atoms with Gasteiger partial charge in [0, 0.05) is 37.8 Å². The predicted molar refractivity (Wildman–Crippen MR) is 157 cm³/mol. The van der Waals surface area contributed by atoms with Gasteiger partial charge in [0.2, 0.25) is 11.7 Å². The molecular formula is C32H33F3N2O7. The summed E-state index contributed by atoms with van der Waals surface area (Å²) in [6.45, 7) is 0.912. The number of methoxy groups -OCH3 is 5. The molecule has 0 aliphatic carbocycles. The van der Waals surface area contributed by atoms with Crippen molar-refractivity contribution in [3.05, 3.63) is 82.9 Å². The highest BCUT2D eigenvalue weighted by Gasteiger charge is 2.31. The number of rotatable bonds is 9. The number of nitrogens with zero attached hydrogens (tertiary/aromatic N) is 2. The van der Waals surface area contributed by atoms with Gasteiger partial charge >= 0.3 is 6.18 Å². The van der Waals surface area contributed by atoms with E-state index in [-0.39, 0.29) is 43.2 Å². The lowest BCUT2D eigenvalue weighted by Crippen LogP contribution is -2.50. The monoisotopic (exact) mass is 614 g/mol. The highest BCUT2D eigenvalue weighted by atomic mass is 19.4. The van der Waals surface area contributed by atoms with Crippen LogP contribution in [0.1, 0.15) is 27.0 Å². The molecule has 1 aliphatic heterocycles. The molecule has 3 aromatic rings. The van der Waals surface area contributed by atoms with Crippen LogP contribution in [-0.2, 0) is 11.0 Å². The van der Waals surface area contributed by atoms with Gasteiger partial charge in [-0.25, -0.2) is 0 Å². The summed E-state index contributed by atoms with van der Waals surface area (Å²) in [6.07, 6.45) is -3.25. The summed E-state index contributed by atoms with van der Waals surface area (Å²) in [5.41, 5.74) is 0.438. The second-order valence-corrected chi connectivity index (χ2v) is 9.74. The molecule has 234 valence electrons. The van der Waals surface area contributed by atoms with Crippen LogP contribution in [0.4, 0.5) is 13.2 Å². The highest BCUT2D eigenvalue weighted by molar-refractivity contribution is 6.00. The zero-order valence-electron chi connectivity index (χ0n) is 25.0. The Labute approximate surface area is 253 Å². The van der Waals surface area contributed by atoms with E-state index in [1.165, 1.54) is 53.8 Å². The van der Waals surface area contributed by atoms with Gasteiger partial charge < -0.3 is 33.5 Å². The first-order valence-electron chi connectivity index (χ1n) is 13.5. The van der Waals surface area contributed by atoms with Crippen LogP contribution in [-0.4, -0.2) is 83.3 Å². The molecule has 44 heavy (non-hydrogen) atoms. The quantitative estimate of drug-likeness (QED) is 0.308. The van der Waals surface area contributed by atoms with E-state index in [4.69, 9.17) is 23.7 Å². The number of piperazine rings is 1. The van der Waals surface area contributed by atoms with E-state index in [1.807, 2.05) is 0 Å². The van der Waals surface area contributed by atoms with Crippen molar-refractivity contribution in [1.82, 2.24) is 9.80 Å². The average molecular weight is 615 g/mol. The van der Waals surface area contributed by atoms with Gasteiger partial charge in [0.15, 0.2) is 23.0 Å². The SMILES string of the molecule is COc1ccc(/C(=C/C(=O)N2CCN(C(=O)c3cc(OC)c(OC)c(OC)c3)CC2)c2cccc(C(F)(F)F)c2)cc1OC. The van der Waals surface area contributed by atoms with E-state index >= 15 is 0 Å². The number of hydrogen-bond acceptors (Lipinski definition) is 7. The second kappa shape index (κ2) is 13.6. The van der Waals surface area contributed by atoms with Crippen LogP contribution in [0, 0.1) is 0 Å². The number of amides is 2. The zero-order valence-corrected chi connectivity index (χ0v) is 25.0. The molecule has 0 saturated carbocycles. The molecule has 9 nitrogen and oxygen atoms in total. The lowest BCUT2D eigenvalue weighted by atomic mass is 9.95. The van der Waals surface area contributed by atoms with E-state index < -0.39 is 17.6 Å². The molecule has 0 N–H and O–H groups in total. The predicted octanol–water partition coefficient (Wildman–Crippen LogP) is 5.16. The molecule has 0 spiro atoms. The van der Waals surface area contributed by atoms with Crippen LogP contribution in [0.25, 0.3) is 5.57 Å². The number of halogens is 3.